The molecule has 1 atom stereocenters. The van der Waals surface area contributed by atoms with Gasteiger partial charge in [-0.2, -0.15) is 5.10 Å². The molecule has 7 heteroatoms. The minimum Gasteiger partial charge on any atom is -0.333 e. The lowest BCUT2D eigenvalue weighted by molar-refractivity contribution is -0.140. The first-order valence-corrected chi connectivity index (χ1v) is 8.15. The number of amides is 2. The Balaban J connectivity index is 1.48. The number of fused-ring (bicyclic) bond motifs is 1. The molecule has 2 amide bonds. The van der Waals surface area contributed by atoms with E-state index in [1.54, 1.807) is 4.90 Å². The van der Waals surface area contributed by atoms with Crippen LogP contribution in [0.1, 0.15) is 56.2 Å². The van der Waals surface area contributed by atoms with Gasteiger partial charge >= 0.3 is 0 Å². The van der Waals surface area contributed by atoms with Gasteiger partial charge in [-0.25, -0.2) is 9.67 Å². The molecular formula is C15H21N5O2. The molecule has 0 spiro atoms. The van der Waals surface area contributed by atoms with Crippen molar-refractivity contribution in [2.24, 2.45) is 0 Å². The van der Waals surface area contributed by atoms with Gasteiger partial charge in [-0.3, -0.25) is 9.59 Å². The molecule has 3 heterocycles. The first-order chi connectivity index (χ1) is 10.6. The van der Waals surface area contributed by atoms with Gasteiger partial charge in [-0.1, -0.05) is 0 Å². The molecule has 22 heavy (non-hydrogen) atoms. The third-order valence-electron chi connectivity index (χ3n) is 4.87. The molecule has 3 aliphatic rings. The van der Waals surface area contributed by atoms with Crippen LogP contribution in [0, 0.1) is 0 Å². The molecule has 1 saturated carbocycles. The third-order valence-corrected chi connectivity index (χ3v) is 4.87. The van der Waals surface area contributed by atoms with Crippen molar-refractivity contribution >= 4 is 11.8 Å². The van der Waals surface area contributed by atoms with E-state index in [2.05, 4.69) is 10.1 Å². The lowest BCUT2D eigenvalue weighted by Crippen LogP contribution is -2.46. The van der Waals surface area contributed by atoms with Crippen LogP contribution in [0.25, 0.3) is 0 Å². The highest BCUT2D eigenvalue weighted by molar-refractivity contribution is 5.86. The SMILES string of the molecule is C[C@@H]1c2nc(C3CC3)nn2CCN1C(=O)CN1CCCC1=O. The summed E-state index contributed by atoms with van der Waals surface area (Å²) in [5, 5.41) is 4.58. The van der Waals surface area contributed by atoms with Crippen molar-refractivity contribution in [3.63, 3.8) is 0 Å². The van der Waals surface area contributed by atoms with E-state index in [1.165, 1.54) is 12.8 Å². The van der Waals surface area contributed by atoms with Gasteiger partial charge in [-0.15, -0.1) is 0 Å². The molecule has 0 unspecified atom stereocenters. The van der Waals surface area contributed by atoms with Crippen molar-refractivity contribution in [2.75, 3.05) is 19.6 Å². The normalized spacial score (nSPS) is 24.8. The predicted octanol–water partition coefficient (Wildman–Crippen LogP) is 0.681. The molecular weight excluding hydrogens is 282 g/mol. The highest BCUT2D eigenvalue weighted by Gasteiger charge is 2.35. The Morgan fingerprint density at radius 3 is 2.77 bits per heavy atom. The van der Waals surface area contributed by atoms with E-state index in [4.69, 9.17) is 0 Å². The Morgan fingerprint density at radius 1 is 1.27 bits per heavy atom. The van der Waals surface area contributed by atoms with Gasteiger partial charge in [0.1, 0.15) is 5.82 Å². The summed E-state index contributed by atoms with van der Waals surface area (Å²) in [4.78, 5) is 32.4. The molecule has 118 valence electrons. The zero-order valence-electron chi connectivity index (χ0n) is 12.9. The average molecular weight is 303 g/mol. The fourth-order valence-electron chi connectivity index (χ4n) is 3.36. The quantitative estimate of drug-likeness (QED) is 0.823. The Hall–Kier alpha value is -1.92. The smallest absolute Gasteiger partial charge is 0.242 e. The van der Waals surface area contributed by atoms with E-state index in [-0.39, 0.29) is 24.4 Å². The molecule has 1 aliphatic carbocycles. The van der Waals surface area contributed by atoms with Gasteiger partial charge in [0, 0.05) is 25.4 Å². The second-order valence-electron chi connectivity index (χ2n) is 6.51. The summed E-state index contributed by atoms with van der Waals surface area (Å²) in [5.41, 5.74) is 0. The first kappa shape index (κ1) is 13.7. The summed E-state index contributed by atoms with van der Waals surface area (Å²) >= 11 is 0. The largest absolute Gasteiger partial charge is 0.333 e. The summed E-state index contributed by atoms with van der Waals surface area (Å²) in [6, 6.07) is -0.0704. The highest BCUT2D eigenvalue weighted by Crippen LogP contribution is 2.39. The minimum atomic E-state index is -0.0704. The van der Waals surface area contributed by atoms with Crippen molar-refractivity contribution < 1.29 is 9.59 Å². The number of likely N-dealkylation sites (tertiary alicyclic amines) is 1. The van der Waals surface area contributed by atoms with E-state index >= 15 is 0 Å². The molecule has 0 N–H and O–H groups in total. The molecule has 1 saturated heterocycles. The van der Waals surface area contributed by atoms with Crippen LogP contribution in [-0.4, -0.2) is 56.0 Å². The standard InChI is InChI=1S/C15H21N5O2/c1-10-15-16-14(11-4-5-11)17-20(15)8-7-19(10)13(22)9-18-6-2-3-12(18)21/h10-11H,2-9H2,1H3/t10-/m1/s1. The van der Waals surface area contributed by atoms with Crippen LogP contribution >= 0.6 is 0 Å². The van der Waals surface area contributed by atoms with E-state index in [0.29, 0.717) is 32.0 Å². The van der Waals surface area contributed by atoms with Gasteiger partial charge in [-0.05, 0) is 26.2 Å². The summed E-state index contributed by atoms with van der Waals surface area (Å²) in [6.07, 6.45) is 3.79. The Kier molecular flexibility index (Phi) is 3.16. The maximum Gasteiger partial charge on any atom is 0.242 e. The van der Waals surface area contributed by atoms with E-state index in [0.717, 1.165) is 18.1 Å². The van der Waals surface area contributed by atoms with E-state index < -0.39 is 0 Å². The molecule has 2 aliphatic heterocycles. The number of carbonyl (C=O) groups is 2. The molecule has 0 radical (unpaired) electrons. The van der Waals surface area contributed by atoms with Crippen molar-refractivity contribution in [1.29, 1.82) is 0 Å². The summed E-state index contributed by atoms with van der Waals surface area (Å²) in [6.45, 7) is 4.24. The second kappa shape index (κ2) is 5.07. The van der Waals surface area contributed by atoms with Crippen LogP contribution < -0.4 is 0 Å². The molecule has 1 aromatic rings. The number of rotatable bonds is 3. The van der Waals surface area contributed by atoms with Gasteiger partial charge in [0.25, 0.3) is 0 Å². The fourth-order valence-corrected chi connectivity index (χ4v) is 3.36. The zero-order chi connectivity index (χ0) is 15.3. The second-order valence-corrected chi connectivity index (χ2v) is 6.51. The number of nitrogens with zero attached hydrogens (tertiary/aromatic N) is 5. The Morgan fingerprint density at radius 2 is 2.09 bits per heavy atom. The number of aromatic nitrogens is 3. The highest BCUT2D eigenvalue weighted by atomic mass is 16.2. The molecule has 0 bridgehead atoms. The van der Waals surface area contributed by atoms with Crippen LogP contribution in [0.3, 0.4) is 0 Å². The zero-order valence-corrected chi connectivity index (χ0v) is 12.9. The van der Waals surface area contributed by atoms with E-state index in [9.17, 15) is 9.59 Å². The van der Waals surface area contributed by atoms with Gasteiger partial charge in [0.2, 0.25) is 11.8 Å². The number of hydrogen-bond donors (Lipinski definition) is 0. The van der Waals surface area contributed by atoms with Crippen LogP contribution in [0.5, 0.6) is 0 Å². The fraction of sp³-hybridized carbons (Fsp3) is 0.733. The predicted molar refractivity (Wildman–Crippen MR) is 77.9 cm³/mol. The van der Waals surface area contributed by atoms with Crippen LogP contribution in [-0.2, 0) is 16.1 Å². The summed E-state index contributed by atoms with van der Waals surface area (Å²) in [5.74, 6) is 2.46. The van der Waals surface area contributed by atoms with Crippen LogP contribution in [0.15, 0.2) is 0 Å². The lowest BCUT2D eigenvalue weighted by Gasteiger charge is -2.34. The van der Waals surface area contributed by atoms with Crippen molar-refractivity contribution in [3.8, 4) is 0 Å². The monoisotopic (exact) mass is 303 g/mol. The van der Waals surface area contributed by atoms with Gasteiger partial charge < -0.3 is 9.80 Å². The Bertz CT molecular complexity index is 621. The summed E-state index contributed by atoms with van der Waals surface area (Å²) in [7, 11) is 0. The van der Waals surface area contributed by atoms with Gasteiger partial charge in [0.05, 0.1) is 19.1 Å². The lowest BCUT2D eigenvalue weighted by atomic mass is 10.2. The number of carbonyl (C=O) groups excluding carboxylic acids is 2. The van der Waals surface area contributed by atoms with Crippen molar-refractivity contribution in [2.45, 2.75) is 51.1 Å². The molecule has 0 aromatic carbocycles. The first-order valence-electron chi connectivity index (χ1n) is 8.15. The number of hydrogen-bond acceptors (Lipinski definition) is 4. The molecule has 7 nitrogen and oxygen atoms in total. The third kappa shape index (κ3) is 2.28. The van der Waals surface area contributed by atoms with E-state index in [1.807, 2.05) is 16.5 Å². The van der Waals surface area contributed by atoms with Crippen molar-refractivity contribution in [1.82, 2.24) is 24.6 Å². The molecule has 4 rings (SSSR count). The molecule has 2 fully saturated rings. The van der Waals surface area contributed by atoms with Crippen LogP contribution in [0.4, 0.5) is 0 Å². The molecule has 1 aromatic heterocycles. The maximum absolute atomic E-state index is 12.5. The average Bonchev–Trinajstić information content (AvgIpc) is 3.13. The maximum atomic E-state index is 12.5. The minimum absolute atomic E-state index is 0.0185. The van der Waals surface area contributed by atoms with Gasteiger partial charge in [0.15, 0.2) is 5.82 Å². The Labute approximate surface area is 129 Å². The summed E-state index contributed by atoms with van der Waals surface area (Å²) < 4.78 is 1.95. The van der Waals surface area contributed by atoms with Crippen LogP contribution in [0.2, 0.25) is 0 Å². The topological polar surface area (TPSA) is 71.3 Å². The van der Waals surface area contributed by atoms with Crippen molar-refractivity contribution in [3.05, 3.63) is 11.6 Å².